The van der Waals surface area contributed by atoms with Crippen LogP contribution in [-0.2, 0) is 4.74 Å². The van der Waals surface area contributed by atoms with Gasteiger partial charge in [-0.05, 0) is 23.5 Å². The molecule has 0 spiro atoms. The molecule has 0 amide bonds. The lowest BCUT2D eigenvalue weighted by atomic mass is 10.0. The molecule has 1 fully saturated rings. The van der Waals surface area contributed by atoms with Crippen LogP contribution in [0.15, 0.2) is 24.3 Å². The van der Waals surface area contributed by atoms with Gasteiger partial charge in [0.1, 0.15) is 6.23 Å². The first-order chi connectivity index (χ1) is 8.72. The number of rotatable bonds is 5. The highest BCUT2D eigenvalue weighted by Gasteiger charge is 2.25. The molecule has 1 unspecified atom stereocenters. The molecule has 0 N–H and O–H groups in total. The summed E-state index contributed by atoms with van der Waals surface area (Å²) in [4.78, 5) is 2.45. The van der Waals surface area contributed by atoms with E-state index in [1.807, 2.05) is 0 Å². The van der Waals surface area contributed by atoms with Crippen LogP contribution in [0.3, 0.4) is 0 Å². The molecule has 1 saturated heterocycles. The van der Waals surface area contributed by atoms with Gasteiger partial charge in [-0.1, -0.05) is 51.5 Å². The second kappa shape index (κ2) is 6.35. The van der Waals surface area contributed by atoms with Crippen molar-refractivity contribution < 1.29 is 4.74 Å². The van der Waals surface area contributed by atoms with Crippen molar-refractivity contribution in [1.82, 2.24) is 4.90 Å². The van der Waals surface area contributed by atoms with Crippen molar-refractivity contribution in [2.75, 3.05) is 19.7 Å². The van der Waals surface area contributed by atoms with Gasteiger partial charge in [-0.15, -0.1) is 0 Å². The molecule has 2 heteroatoms. The van der Waals surface area contributed by atoms with Crippen LogP contribution in [0.1, 0.15) is 56.9 Å². The molecular weight excluding hydrogens is 222 g/mol. The maximum atomic E-state index is 5.87. The van der Waals surface area contributed by atoms with E-state index in [1.54, 1.807) is 0 Å². The normalized spacial score (nSPS) is 20.8. The number of hydrogen-bond acceptors (Lipinski definition) is 2. The maximum Gasteiger partial charge on any atom is 0.136 e. The first-order valence-corrected chi connectivity index (χ1v) is 7.18. The molecule has 100 valence electrons. The van der Waals surface area contributed by atoms with E-state index in [-0.39, 0.29) is 6.23 Å². The molecule has 0 aliphatic carbocycles. The number of nitrogens with zero attached hydrogens (tertiary/aromatic N) is 1. The lowest BCUT2D eigenvalue weighted by Gasteiger charge is -2.23. The van der Waals surface area contributed by atoms with Crippen LogP contribution >= 0.6 is 0 Å². The predicted octanol–water partition coefficient (Wildman–Crippen LogP) is 3.94. The van der Waals surface area contributed by atoms with Crippen molar-refractivity contribution >= 4 is 0 Å². The second-order valence-corrected chi connectivity index (χ2v) is 5.43. The Kier molecular flexibility index (Phi) is 4.79. The minimum absolute atomic E-state index is 0.178. The minimum Gasteiger partial charge on any atom is -0.358 e. The van der Waals surface area contributed by atoms with E-state index in [4.69, 9.17) is 4.74 Å². The van der Waals surface area contributed by atoms with E-state index in [9.17, 15) is 0 Å². The van der Waals surface area contributed by atoms with Crippen LogP contribution in [0.25, 0.3) is 0 Å². The summed E-state index contributed by atoms with van der Waals surface area (Å²) >= 11 is 0. The third-order valence-corrected chi connectivity index (χ3v) is 3.67. The third-order valence-electron chi connectivity index (χ3n) is 3.67. The highest BCUT2D eigenvalue weighted by Crippen LogP contribution is 2.28. The fourth-order valence-electron chi connectivity index (χ4n) is 2.45. The predicted molar refractivity (Wildman–Crippen MR) is 75.7 cm³/mol. The smallest absolute Gasteiger partial charge is 0.136 e. The van der Waals surface area contributed by atoms with Crippen LogP contribution in [0.2, 0.25) is 0 Å². The summed E-state index contributed by atoms with van der Waals surface area (Å²) in [6.45, 7) is 9.77. The Balaban J connectivity index is 2.05. The Morgan fingerprint density at radius 3 is 2.61 bits per heavy atom. The van der Waals surface area contributed by atoms with E-state index in [0.717, 1.165) is 19.7 Å². The van der Waals surface area contributed by atoms with Gasteiger partial charge >= 0.3 is 0 Å². The molecule has 1 aliphatic rings. The van der Waals surface area contributed by atoms with E-state index in [0.29, 0.717) is 5.92 Å². The molecule has 1 aliphatic heterocycles. The average Bonchev–Trinajstić information content (AvgIpc) is 2.84. The second-order valence-electron chi connectivity index (χ2n) is 5.43. The summed E-state index contributed by atoms with van der Waals surface area (Å²) in [5, 5.41) is 0. The van der Waals surface area contributed by atoms with Crippen molar-refractivity contribution in [2.24, 2.45) is 0 Å². The van der Waals surface area contributed by atoms with Gasteiger partial charge in [0, 0.05) is 13.1 Å². The Morgan fingerprint density at radius 1 is 1.28 bits per heavy atom. The van der Waals surface area contributed by atoms with Crippen molar-refractivity contribution in [1.29, 1.82) is 0 Å². The van der Waals surface area contributed by atoms with Crippen LogP contribution < -0.4 is 0 Å². The van der Waals surface area contributed by atoms with Gasteiger partial charge in [0.05, 0.1) is 6.61 Å². The Labute approximate surface area is 111 Å². The number of hydrogen-bond donors (Lipinski definition) is 0. The SMILES string of the molecule is CCCCN1CCOC1c1ccc(C(C)C)cc1. The molecule has 1 atom stereocenters. The van der Waals surface area contributed by atoms with E-state index in [2.05, 4.69) is 49.9 Å². The van der Waals surface area contributed by atoms with Crippen LogP contribution in [-0.4, -0.2) is 24.6 Å². The fraction of sp³-hybridized carbons (Fsp3) is 0.625. The monoisotopic (exact) mass is 247 g/mol. The summed E-state index contributed by atoms with van der Waals surface area (Å²) in [7, 11) is 0. The molecule has 18 heavy (non-hydrogen) atoms. The molecule has 0 aromatic heterocycles. The number of benzene rings is 1. The lowest BCUT2D eigenvalue weighted by Crippen LogP contribution is -2.25. The highest BCUT2D eigenvalue weighted by molar-refractivity contribution is 5.26. The Bertz CT molecular complexity index is 358. The van der Waals surface area contributed by atoms with Gasteiger partial charge in [-0.2, -0.15) is 0 Å². The molecule has 1 aromatic carbocycles. The van der Waals surface area contributed by atoms with Crippen LogP contribution in [0, 0.1) is 0 Å². The molecule has 2 rings (SSSR count). The molecular formula is C16H25NO. The first-order valence-electron chi connectivity index (χ1n) is 7.18. The number of ether oxygens (including phenoxy) is 1. The van der Waals surface area contributed by atoms with Crippen molar-refractivity contribution in [3.63, 3.8) is 0 Å². The van der Waals surface area contributed by atoms with Crippen molar-refractivity contribution in [2.45, 2.75) is 45.8 Å². The van der Waals surface area contributed by atoms with E-state index >= 15 is 0 Å². The molecule has 1 aromatic rings. The first kappa shape index (κ1) is 13.6. The summed E-state index contributed by atoms with van der Waals surface area (Å²) in [6.07, 6.45) is 2.68. The fourth-order valence-corrected chi connectivity index (χ4v) is 2.45. The van der Waals surface area contributed by atoms with Crippen molar-refractivity contribution in [3.8, 4) is 0 Å². The summed E-state index contributed by atoms with van der Waals surface area (Å²) < 4.78 is 5.87. The third kappa shape index (κ3) is 3.12. The summed E-state index contributed by atoms with van der Waals surface area (Å²) in [5.41, 5.74) is 2.70. The zero-order valence-electron chi connectivity index (χ0n) is 11.9. The molecule has 0 saturated carbocycles. The van der Waals surface area contributed by atoms with E-state index in [1.165, 1.54) is 24.0 Å². The van der Waals surface area contributed by atoms with Gasteiger partial charge in [0.15, 0.2) is 0 Å². The highest BCUT2D eigenvalue weighted by atomic mass is 16.5. The van der Waals surface area contributed by atoms with Crippen LogP contribution in [0.4, 0.5) is 0 Å². The van der Waals surface area contributed by atoms with E-state index < -0.39 is 0 Å². The van der Waals surface area contributed by atoms with Crippen molar-refractivity contribution in [3.05, 3.63) is 35.4 Å². The molecule has 0 bridgehead atoms. The summed E-state index contributed by atoms with van der Waals surface area (Å²) in [6, 6.07) is 8.92. The zero-order chi connectivity index (χ0) is 13.0. The van der Waals surface area contributed by atoms with Gasteiger partial charge in [0.2, 0.25) is 0 Å². The number of unbranched alkanes of at least 4 members (excludes halogenated alkanes) is 1. The van der Waals surface area contributed by atoms with Gasteiger partial charge in [0.25, 0.3) is 0 Å². The standard InChI is InChI=1S/C16H25NO/c1-4-5-10-17-11-12-18-16(17)15-8-6-14(7-9-15)13(2)3/h6-9,13,16H,4-5,10-12H2,1-3H3. The zero-order valence-corrected chi connectivity index (χ0v) is 11.9. The van der Waals surface area contributed by atoms with Gasteiger partial charge < -0.3 is 4.74 Å². The average molecular weight is 247 g/mol. The summed E-state index contributed by atoms with van der Waals surface area (Å²) in [5.74, 6) is 0.597. The maximum absolute atomic E-state index is 5.87. The molecule has 0 radical (unpaired) electrons. The molecule has 2 nitrogen and oxygen atoms in total. The Hall–Kier alpha value is -0.860. The topological polar surface area (TPSA) is 12.5 Å². The van der Waals surface area contributed by atoms with Gasteiger partial charge in [-0.25, -0.2) is 0 Å². The Morgan fingerprint density at radius 2 is 2.00 bits per heavy atom. The van der Waals surface area contributed by atoms with Crippen LogP contribution in [0.5, 0.6) is 0 Å². The quantitative estimate of drug-likeness (QED) is 0.781. The minimum atomic E-state index is 0.178. The van der Waals surface area contributed by atoms with Gasteiger partial charge in [-0.3, -0.25) is 4.90 Å². The lowest BCUT2D eigenvalue weighted by molar-refractivity contribution is 0.0321. The molecule has 1 heterocycles. The largest absolute Gasteiger partial charge is 0.358 e.